The van der Waals surface area contributed by atoms with Gasteiger partial charge in [0.25, 0.3) is 0 Å². The Kier molecular flexibility index (Phi) is 10.4. The molecule has 1 atom stereocenters. The highest BCUT2D eigenvalue weighted by molar-refractivity contribution is 7.82. The van der Waals surface area contributed by atoms with Gasteiger partial charge in [-0.25, -0.2) is 14.1 Å². The van der Waals surface area contributed by atoms with Gasteiger partial charge in [-0.3, -0.25) is 0 Å². The van der Waals surface area contributed by atoms with Gasteiger partial charge >= 0.3 is 6.03 Å². The number of nitrogens with zero attached hydrogens (tertiary/aromatic N) is 1. The lowest BCUT2D eigenvalue weighted by Gasteiger charge is -2.21. The van der Waals surface area contributed by atoms with Gasteiger partial charge in [0.05, 0.1) is 4.90 Å². The normalized spacial score (nSPS) is 11.9. The van der Waals surface area contributed by atoms with Gasteiger partial charge in [-0.15, -0.1) is 0 Å². The van der Waals surface area contributed by atoms with Gasteiger partial charge in [0.1, 0.15) is 11.0 Å². The maximum Gasteiger partial charge on any atom is 0.316 e. The lowest BCUT2D eigenvalue weighted by molar-refractivity contribution is 0.259. The molecule has 7 heteroatoms. The topological polar surface area (TPSA) is 101 Å². The zero-order valence-corrected chi connectivity index (χ0v) is 24.5. The van der Waals surface area contributed by atoms with Crippen LogP contribution in [0.25, 0.3) is 21.9 Å². The van der Waals surface area contributed by atoms with Crippen molar-refractivity contribution in [3.05, 3.63) is 95.6 Å². The second kappa shape index (κ2) is 13.5. The first-order valence-corrected chi connectivity index (χ1v) is 14.3. The number of nitrogens with one attached hydrogen (secondary N) is 1. The van der Waals surface area contributed by atoms with Crippen molar-refractivity contribution in [2.75, 3.05) is 19.4 Å². The molecule has 2 amide bonds. The lowest BCUT2D eigenvalue weighted by atomic mass is 9.88. The van der Waals surface area contributed by atoms with Gasteiger partial charge in [0.15, 0.2) is 0 Å². The SMILES string of the molecule is CC(C)c1cc(-c2ccc3ccccc3c2)cc(C(C)C)c1NC(N)=O.CN(C)Cc1ccc(S(N)=O)cc1. The zero-order valence-electron chi connectivity index (χ0n) is 23.7. The van der Waals surface area contributed by atoms with Crippen LogP contribution in [0.5, 0.6) is 0 Å². The summed E-state index contributed by atoms with van der Waals surface area (Å²) in [4.78, 5) is 14.3. The van der Waals surface area contributed by atoms with Crippen molar-refractivity contribution in [3.63, 3.8) is 0 Å². The summed E-state index contributed by atoms with van der Waals surface area (Å²) >= 11 is 0. The monoisotopic (exact) mass is 544 g/mol. The number of hydrogen-bond acceptors (Lipinski definition) is 3. The molecule has 0 bridgehead atoms. The van der Waals surface area contributed by atoms with Gasteiger partial charge in [-0.05, 0) is 94.9 Å². The Morgan fingerprint density at radius 1 is 0.821 bits per heavy atom. The smallest absolute Gasteiger partial charge is 0.316 e. The van der Waals surface area contributed by atoms with Crippen molar-refractivity contribution in [3.8, 4) is 11.1 Å². The average molecular weight is 545 g/mol. The molecule has 0 aliphatic rings. The van der Waals surface area contributed by atoms with Crippen LogP contribution in [-0.4, -0.2) is 29.2 Å². The Morgan fingerprint density at radius 3 is 1.87 bits per heavy atom. The molecule has 0 saturated heterocycles. The molecule has 6 nitrogen and oxygen atoms in total. The van der Waals surface area contributed by atoms with Crippen molar-refractivity contribution < 1.29 is 9.00 Å². The summed E-state index contributed by atoms with van der Waals surface area (Å²) in [5.41, 5.74) is 12.0. The van der Waals surface area contributed by atoms with E-state index in [-0.39, 0.29) is 11.8 Å². The second-order valence-corrected chi connectivity index (χ2v) is 11.6. The van der Waals surface area contributed by atoms with E-state index in [0.717, 1.165) is 28.9 Å². The molecule has 4 aromatic carbocycles. The molecule has 0 heterocycles. The number of carbonyl (C=O) groups is 1. The Hall–Kier alpha value is -3.52. The number of anilines is 1. The highest BCUT2D eigenvalue weighted by atomic mass is 32.2. The number of nitrogens with two attached hydrogens (primary N) is 2. The van der Waals surface area contributed by atoms with Gasteiger partial charge < -0.3 is 16.0 Å². The molecule has 1 unspecified atom stereocenters. The number of benzene rings is 4. The number of urea groups is 1. The third-order valence-corrected chi connectivity index (χ3v) is 7.17. The number of carbonyl (C=O) groups excluding carboxylic acids is 1. The molecule has 39 heavy (non-hydrogen) atoms. The van der Waals surface area contributed by atoms with E-state index >= 15 is 0 Å². The van der Waals surface area contributed by atoms with Crippen LogP contribution in [0.15, 0.2) is 83.8 Å². The molecular weight excluding hydrogens is 504 g/mol. The Labute approximate surface area is 235 Å². The molecule has 206 valence electrons. The second-order valence-electron chi connectivity index (χ2n) is 10.6. The van der Waals surface area contributed by atoms with E-state index in [9.17, 15) is 9.00 Å². The number of hydrogen-bond donors (Lipinski definition) is 3. The molecule has 0 aliphatic heterocycles. The summed E-state index contributed by atoms with van der Waals surface area (Å²) in [6.07, 6.45) is 0. The third-order valence-electron chi connectivity index (χ3n) is 6.43. The molecule has 0 saturated carbocycles. The quantitative estimate of drug-likeness (QED) is 0.234. The van der Waals surface area contributed by atoms with Gasteiger partial charge in [-0.2, -0.15) is 0 Å². The predicted octanol–water partition coefficient (Wildman–Crippen LogP) is 6.97. The fourth-order valence-electron chi connectivity index (χ4n) is 4.50. The van der Waals surface area contributed by atoms with Crippen LogP contribution in [0.1, 0.15) is 56.2 Å². The highest BCUT2D eigenvalue weighted by Gasteiger charge is 2.18. The van der Waals surface area contributed by atoms with Crippen molar-refractivity contribution >= 4 is 33.5 Å². The van der Waals surface area contributed by atoms with Crippen LogP contribution >= 0.6 is 0 Å². The molecule has 0 radical (unpaired) electrons. The molecule has 0 aromatic heterocycles. The summed E-state index contributed by atoms with van der Waals surface area (Å²) < 4.78 is 10.9. The maximum atomic E-state index is 11.5. The first-order valence-electron chi connectivity index (χ1n) is 13.1. The zero-order chi connectivity index (χ0) is 28.7. The van der Waals surface area contributed by atoms with E-state index in [0.29, 0.717) is 4.90 Å². The summed E-state index contributed by atoms with van der Waals surface area (Å²) in [6.45, 7) is 9.43. The van der Waals surface area contributed by atoms with Crippen LogP contribution in [0, 0.1) is 0 Å². The van der Waals surface area contributed by atoms with Crippen LogP contribution < -0.4 is 16.2 Å². The van der Waals surface area contributed by atoms with E-state index in [1.807, 2.05) is 26.2 Å². The van der Waals surface area contributed by atoms with Crippen molar-refractivity contribution in [2.45, 2.75) is 51.0 Å². The molecule has 0 aliphatic carbocycles. The summed E-state index contributed by atoms with van der Waals surface area (Å²) in [5.74, 6) is 0.546. The standard InChI is InChI=1S/C23H26N2O.C9H14N2OS/c1-14(2)20-12-19(13-21(15(3)4)22(20)25-23(24)26)18-10-9-16-7-5-6-8-17(16)11-18;1-11(2)7-8-3-5-9(6-4-8)13(10)12/h5-15H,1-4H3,(H3,24,25,26);3-6H,7,10H2,1-2H3. The third kappa shape index (κ3) is 8.23. The minimum atomic E-state index is -1.36. The first kappa shape index (κ1) is 30.0. The van der Waals surface area contributed by atoms with Crippen molar-refractivity contribution in [1.29, 1.82) is 0 Å². The van der Waals surface area contributed by atoms with Crippen LogP contribution in [0.2, 0.25) is 0 Å². The van der Waals surface area contributed by atoms with E-state index < -0.39 is 17.0 Å². The van der Waals surface area contributed by atoms with E-state index in [1.165, 1.54) is 21.9 Å². The van der Waals surface area contributed by atoms with Crippen LogP contribution in [0.3, 0.4) is 0 Å². The number of rotatable bonds is 7. The first-order chi connectivity index (χ1) is 18.5. The molecule has 0 fully saturated rings. The number of primary amides is 1. The minimum Gasteiger partial charge on any atom is -0.351 e. The fraction of sp³-hybridized carbons (Fsp3) is 0.281. The molecule has 0 spiro atoms. The van der Waals surface area contributed by atoms with E-state index in [1.54, 1.807) is 12.1 Å². The van der Waals surface area contributed by atoms with Crippen molar-refractivity contribution in [1.82, 2.24) is 4.90 Å². The predicted molar refractivity (Wildman–Crippen MR) is 165 cm³/mol. The Bertz CT molecular complexity index is 1420. The highest BCUT2D eigenvalue weighted by Crippen LogP contribution is 2.37. The van der Waals surface area contributed by atoms with E-state index in [2.05, 4.69) is 92.5 Å². The molecule has 4 rings (SSSR count). The summed E-state index contributed by atoms with van der Waals surface area (Å²) in [5, 5.41) is 10.5. The van der Waals surface area contributed by atoms with Gasteiger partial charge in [0, 0.05) is 12.2 Å². The summed E-state index contributed by atoms with van der Waals surface area (Å²) in [6, 6.07) is 26.2. The largest absolute Gasteiger partial charge is 0.351 e. The average Bonchev–Trinajstić information content (AvgIpc) is 2.88. The Balaban J connectivity index is 0.000000272. The number of amides is 2. The maximum absolute atomic E-state index is 11.5. The fourth-order valence-corrected chi connectivity index (χ4v) is 4.90. The number of fused-ring (bicyclic) bond motifs is 1. The minimum absolute atomic E-state index is 0.273. The molecule has 5 N–H and O–H groups in total. The lowest BCUT2D eigenvalue weighted by Crippen LogP contribution is -2.22. The molecule has 4 aromatic rings. The summed E-state index contributed by atoms with van der Waals surface area (Å²) in [7, 11) is 2.65. The Morgan fingerprint density at radius 2 is 1.38 bits per heavy atom. The molecular formula is C32H40N4O2S. The van der Waals surface area contributed by atoms with Crippen LogP contribution in [0.4, 0.5) is 10.5 Å². The van der Waals surface area contributed by atoms with Crippen molar-refractivity contribution in [2.24, 2.45) is 10.9 Å². The van der Waals surface area contributed by atoms with Crippen LogP contribution in [-0.2, 0) is 17.5 Å². The van der Waals surface area contributed by atoms with Gasteiger partial charge in [-0.1, -0.05) is 76.2 Å². The van der Waals surface area contributed by atoms with E-state index in [4.69, 9.17) is 10.9 Å². The van der Waals surface area contributed by atoms with Gasteiger partial charge in [0.2, 0.25) is 0 Å².